The molecule has 1 saturated heterocycles. The lowest BCUT2D eigenvalue weighted by Crippen LogP contribution is -2.44. The van der Waals surface area contributed by atoms with Crippen LogP contribution in [0.15, 0.2) is 30.9 Å². The molecule has 166 valence electrons. The molecule has 0 radical (unpaired) electrons. The van der Waals surface area contributed by atoms with E-state index in [0.29, 0.717) is 11.1 Å². The van der Waals surface area contributed by atoms with Crippen LogP contribution in [0.2, 0.25) is 0 Å². The monoisotopic (exact) mass is 433 g/mol. The number of carbonyl (C=O) groups is 4. The fourth-order valence-corrected chi connectivity index (χ4v) is 3.81. The molecule has 31 heavy (non-hydrogen) atoms. The number of fused-ring (bicyclic) bond motifs is 1. The van der Waals surface area contributed by atoms with Gasteiger partial charge in [0.15, 0.2) is 0 Å². The third-order valence-electron chi connectivity index (χ3n) is 5.31. The van der Waals surface area contributed by atoms with Gasteiger partial charge in [-0.15, -0.1) is 0 Å². The molecule has 2 N–H and O–H groups in total. The molecule has 0 aromatic heterocycles. The molecule has 9 nitrogen and oxygen atoms in total. The number of nitrogens with two attached hydrogens (primary N) is 1. The van der Waals surface area contributed by atoms with Crippen molar-refractivity contribution in [3.8, 4) is 0 Å². The predicted octanol–water partition coefficient (Wildman–Crippen LogP) is 1.24. The van der Waals surface area contributed by atoms with E-state index in [0.717, 1.165) is 6.08 Å². The van der Waals surface area contributed by atoms with E-state index in [9.17, 15) is 23.6 Å². The second kappa shape index (κ2) is 9.15. The second-order valence-electron chi connectivity index (χ2n) is 7.60. The summed E-state index contributed by atoms with van der Waals surface area (Å²) in [5.74, 6) is -2.23. The van der Waals surface area contributed by atoms with Gasteiger partial charge in [0.25, 0.3) is 0 Å². The first-order chi connectivity index (χ1) is 14.7. The minimum Gasteiger partial charge on any atom is -0.459 e. The van der Waals surface area contributed by atoms with E-state index in [4.69, 9.17) is 15.2 Å². The lowest BCUT2D eigenvalue weighted by atomic mass is 10.1. The average molecular weight is 433 g/mol. The maximum atomic E-state index is 13.9. The number of likely N-dealkylation sites (tertiary alicyclic amines) is 1. The quantitative estimate of drug-likeness (QED) is 0.533. The van der Waals surface area contributed by atoms with Gasteiger partial charge in [0.05, 0.1) is 19.5 Å². The van der Waals surface area contributed by atoms with Crippen LogP contribution in [0.5, 0.6) is 0 Å². The minimum absolute atomic E-state index is 0.0184. The van der Waals surface area contributed by atoms with Crippen molar-refractivity contribution in [3.05, 3.63) is 47.8 Å². The largest absolute Gasteiger partial charge is 0.459 e. The third-order valence-corrected chi connectivity index (χ3v) is 5.31. The molecule has 2 aliphatic heterocycles. The number of halogens is 1. The van der Waals surface area contributed by atoms with Crippen LogP contribution in [0, 0.1) is 5.82 Å². The molecule has 3 atom stereocenters. The number of carbonyl (C=O) groups excluding carboxylic acids is 4. The molecule has 1 aromatic rings. The Labute approximate surface area is 178 Å². The minimum atomic E-state index is -0.944. The average Bonchev–Trinajstić information content (AvgIpc) is 3.33. The van der Waals surface area contributed by atoms with E-state index in [1.807, 2.05) is 0 Å². The van der Waals surface area contributed by atoms with Crippen LogP contribution in [0.4, 0.5) is 9.18 Å². The molecule has 1 fully saturated rings. The van der Waals surface area contributed by atoms with Crippen molar-refractivity contribution in [2.24, 2.45) is 5.73 Å². The van der Waals surface area contributed by atoms with Gasteiger partial charge < -0.3 is 20.1 Å². The summed E-state index contributed by atoms with van der Waals surface area (Å²) in [4.78, 5) is 50.9. The van der Waals surface area contributed by atoms with E-state index < -0.39 is 42.1 Å². The molecule has 2 heterocycles. The maximum Gasteiger partial charge on any atom is 0.410 e. The third kappa shape index (κ3) is 5.01. The molecular formula is C21H24FN3O6. The van der Waals surface area contributed by atoms with Crippen molar-refractivity contribution < 1.29 is 33.0 Å². The number of primary amides is 1. The molecule has 0 spiro atoms. The van der Waals surface area contributed by atoms with Crippen LogP contribution in [0.1, 0.15) is 30.9 Å². The van der Waals surface area contributed by atoms with Crippen LogP contribution in [-0.4, -0.2) is 58.5 Å². The van der Waals surface area contributed by atoms with Gasteiger partial charge in [0.2, 0.25) is 11.8 Å². The van der Waals surface area contributed by atoms with Crippen LogP contribution in [0.3, 0.4) is 0 Å². The molecule has 10 heteroatoms. The Balaban J connectivity index is 1.59. The lowest BCUT2D eigenvalue weighted by Gasteiger charge is -2.23. The van der Waals surface area contributed by atoms with E-state index in [-0.39, 0.29) is 38.3 Å². The number of benzene rings is 1. The number of esters is 1. The van der Waals surface area contributed by atoms with E-state index in [1.165, 1.54) is 22.8 Å². The molecule has 3 amide bonds. The summed E-state index contributed by atoms with van der Waals surface area (Å²) in [6, 6.07) is 3.71. The summed E-state index contributed by atoms with van der Waals surface area (Å²) in [7, 11) is 0. The van der Waals surface area contributed by atoms with Crippen molar-refractivity contribution in [3.63, 3.8) is 0 Å². The molecule has 0 aliphatic carbocycles. The Kier molecular flexibility index (Phi) is 6.57. The van der Waals surface area contributed by atoms with Gasteiger partial charge in [0.1, 0.15) is 24.1 Å². The second-order valence-corrected chi connectivity index (χ2v) is 7.60. The Morgan fingerprint density at radius 2 is 2.06 bits per heavy atom. The van der Waals surface area contributed by atoms with Gasteiger partial charge in [-0.2, -0.15) is 0 Å². The van der Waals surface area contributed by atoms with Gasteiger partial charge in [-0.05, 0) is 18.6 Å². The van der Waals surface area contributed by atoms with Crippen LogP contribution >= 0.6 is 0 Å². The van der Waals surface area contributed by atoms with Crippen molar-refractivity contribution in [1.82, 2.24) is 9.80 Å². The van der Waals surface area contributed by atoms with Gasteiger partial charge >= 0.3 is 12.1 Å². The smallest absolute Gasteiger partial charge is 0.410 e. The highest BCUT2D eigenvalue weighted by Gasteiger charge is 2.41. The number of rotatable bonds is 6. The molecule has 1 aromatic carbocycles. The Morgan fingerprint density at radius 1 is 1.32 bits per heavy atom. The SMILES string of the molecule is C=CC(=O)OC(C)CC(=O)N1CC(OC(=O)N2Cc3cccc(F)c3C2)CC1C(N)=O. The number of amides is 3. The van der Waals surface area contributed by atoms with E-state index in [2.05, 4.69) is 6.58 Å². The lowest BCUT2D eigenvalue weighted by molar-refractivity contribution is -0.147. The zero-order valence-corrected chi connectivity index (χ0v) is 17.1. The number of hydrogen-bond donors (Lipinski definition) is 1. The van der Waals surface area contributed by atoms with E-state index in [1.54, 1.807) is 12.1 Å². The Hall–Kier alpha value is -3.43. The van der Waals surface area contributed by atoms with Gasteiger partial charge in [-0.1, -0.05) is 18.7 Å². The number of hydrogen-bond acceptors (Lipinski definition) is 6. The zero-order chi connectivity index (χ0) is 22.7. The molecule has 3 unspecified atom stereocenters. The molecule has 0 saturated carbocycles. The summed E-state index contributed by atoms with van der Waals surface area (Å²) in [6.45, 7) is 5.11. The fraction of sp³-hybridized carbons (Fsp3) is 0.429. The number of nitrogens with zero attached hydrogens (tertiary/aromatic N) is 2. The van der Waals surface area contributed by atoms with Crippen LogP contribution in [-0.2, 0) is 36.9 Å². The van der Waals surface area contributed by atoms with E-state index >= 15 is 0 Å². The van der Waals surface area contributed by atoms with Crippen molar-refractivity contribution >= 4 is 23.9 Å². The summed E-state index contributed by atoms with van der Waals surface area (Å²) >= 11 is 0. The molecule has 0 bridgehead atoms. The van der Waals surface area contributed by atoms with Gasteiger partial charge in [-0.25, -0.2) is 14.0 Å². The summed E-state index contributed by atoms with van der Waals surface area (Å²) in [5.41, 5.74) is 6.58. The predicted molar refractivity (Wildman–Crippen MR) is 106 cm³/mol. The first-order valence-electron chi connectivity index (χ1n) is 9.83. The highest BCUT2D eigenvalue weighted by molar-refractivity contribution is 5.88. The van der Waals surface area contributed by atoms with Crippen molar-refractivity contribution in [1.29, 1.82) is 0 Å². The normalized spacial score (nSPS) is 20.7. The first kappa shape index (κ1) is 22.3. The van der Waals surface area contributed by atoms with Gasteiger partial charge in [0, 0.05) is 24.6 Å². The first-order valence-corrected chi connectivity index (χ1v) is 9.83. The molecular weight excluding hydrogens is 409 g/mol. The summed E-state index contributed by atoms with van der Waals surface area (Å²) < 4.78 is 24.4. The van der Waals surface area contributed by atoms with Gasteiger partial charge in [-0.3, -0.25) is 14.5 Å². The van der Waals surface area contributed by atoms with Crippen LogP contribution < -0.4 is 5.73 Å². The highest BCUT2D eigenvalue weighted by atomic mass is 19.1. The molecule has 3 rings (SSSR count). The van der Waals surface area contributed by atoms with Crippen molar-refractivity contribution in [2.45, 2.75) is 51.1 Å². The summed E-state index contributed by atoms with van der Waals surface area (Å²) in [6.07, 6.45) is -1.25. The zero-order valence-electron chi connectivity index (χ0n) is 17.1. The standard InChI is InChI=1S/C21H24FN3O6/c1-3-19(27)30-12(2)7-18(26)25-10-14(8-17(25)20(23)28)31-21(29)24-9-13-5-4-6-16(22)15(13)11-24/h3-6,12,14,17H,1,7-11H2,2H3,(H2,23,28). The fourth-order valence-electron chi connectivity index (χ4n) is 3.81. The topological polar surface area (TPSA) is 119 Å². The van der Waals surface area contributed by atoms with Crippen molar-refractivity contribution in [2.75, 3.05) is 6.54 Å². The Bertz CT molecular complexity index is 920. The molecule has 2 aliphatic rings. The number of ether oxygens (including phenoxy) is 2. The maximum absolute atomic E-state index is 13.9. The Morgan fingerprint density at radius 3 is 2.71 bits per heavy atom. The van der Waals surface area contributed by atoms with Crippen LogP contribution in [0.25, 0.3) is 0 Å². The summed E-state index contributed by atoms with van der Waals surface area (Å²) in [5, 5.41) is 0. The highest BCUT2D eigenvalue weighted by Crippen LogP contribution is 2.27.